The van der Waals surface area contributed by atoms with Crippen LogP contribution in [0.2, 0.25) is 0 Å². The van der Waals surface area contributed by atoms with Gasteiger partial charge >= 0.3 is 5.97 Å². The topological polar surface area (TPSA) is 83.5 Å². The number of aliphatic carboxylic acids is 1. The Balaban J connectivity index is 3.05. The number of carboxylic acid groups (broad SMARTS) is 1. The first kappa shape index (κ1) is 14.2. The summed E-state index contributed by atoms with van der Waals surface area (Å²) in [4.78, 5) is 10.4. The third kappa shape index (κ3) is 4.21. The van der Waals surface area contributed by atoms with Crippen molar-refractivity contribution in [2.75, 3.05) is 10.5 Å². The quantitative estimate of drug-likeness (QED) is 0.799. The molecule has 0 radical (unpaired) electrons. The van der Waals surface area contributed by atoms with Gasteiger partial charge in [-0.25, -0.2) is 13.2 Å². The second kappa shape index (κ2) is 5.68. The van der Waals surface area contributed by atoms with Gasteiger partial charge in [-0.05, 0) is 43.2 Å². The molecule has 0 saturated heterocycles. The summed E-state index contributed by atoms with van der Waals surface area (Å²) < 4.78 is 25.2. The van der Waals surface area contributed by atoms with Crippen molar-refractivity contribution in [1.29, 1.82) is 0 Å². The summed E-state index contributed by atoms with van der Waals surface area (Å²) >= 11 is 0. The van der Waals surface area contributed by atoms with Gasteiger partial charge in [0.05, 0.1) is 5.75 Å². The number of rotatable bonds is 5. The lowest BCUT2D eigenvalue weighted by molar-refractivity contribution is -0.131. The van der Waals surface area contributed by atoms with Crippen LogP contribution in [0.4, 0.5) is 5.69 Å². The van der Waals surface area contributed by atoms with E-state index < -0.39 is 16.0 Å². The lowest BCUT2D eigenvalue weighted by Crippen LogP contribution is -2.14. The van der Waals surface area contributed by atoms with Crippen molar-refractivity contribution in [2.45, 2.75) is 13.8 Å². The van der Waals surface area contributed by atoms with Crippen molar-refractivity contribution in [3.63, 3.8) is 0 Å². The van der Waals surface area contributed by atoms with Gasteiger partial charge in [-0.1, -0.05) is 6.07 Å². The molecule has 0 saturated carbocycles. The number of carbonyl (C=O) groups is 1. The zero-order chi connectivity index (χ0) is 13.8. The molecule has 1 aromatic rings. The Bertz CT molecular complexity index is 576. The maximum atomic E-state index is 11.4. The largest absolute Gasteiger partial charge is 0.478 e. The van der Waals surface area contributed by atoms with E-state index in [4.69, 9.17) is 5.11 Å². The summed E-state index contributed by atoms with van der Waals surface area (Å²) in [5, 5.41) is 8.56. The molecule has 0 unspecified atom stereocenters. The Kier molecular flexibility index (Phi) is 4.49. The molecule has 0 fully saturated rings. The predicted octanol–water partition coefficient (Wildman–Crippen LogP) is 1.85. The lowest BCUT2D eigenvalue weighted by Gasteiger charge is -2.08. The summed E-state index contributed by atoms with van der Waals surface area (Å²) in [6, 6.07) is 4.97. The van der Waals surface area contributed by atoms with E-state index in [1.165, 1.54) is 6.08 Å². The molecule has 0 aliphatic heterocycles. The zero-order valence-electron chi connectivity index (χ0n) is 10.2. The third-order valence-corrected chi connectivity index (χ3v) is 3.64. The first-order chi connectivity index (χ1) is 8.34. The maximum Gasteiger partial charge on any atom is 0.328 e. The monoisotopic (exact) mass is 269 g/mol. The molecule has 98 valence electrons. The van der Waals surface area contributed by atoms with Crippen LogP contribution in [0.3, 0.4) is 0 Å². The second-order valence-electron chi connectivity index (χ2n) is 3.75. The van der Waals surface area contributed by atoms with Gasteiger partial charge < -0.3 is 5.11 Å². The highest BCUT2D eigenvalue weighted by atomic mass is 32.2. The third-order valence-electron chi connectivity index (χ3n) is 2.34. The molecule has 0 bridgehead atoms. The Morgan fingerprint density at radius 1 is 1.44 bits per heavy atom. The molecular formula is C12H15NO4S. The molecule has 0 aromatic heterocycles. The van der Waals surface area contributed by atoms with Crippen LogP contribution < -0.4 is 4.72 Å². The van der Waals surface area contributed by atoms with Crippen LogP contribution in [-0.4, -0.2) is 25.2 Å². The highest BCUT2D eigenvalue weighted by Crippen LogP contribution is 2.17. The number of aryl methyl sites for hydroxylation is 1. The highest BCUT2D eigenvalue weighted by molar-refractivity contribution is 7.92. The fourth-order valence-corrected chi connectivity index (χ4v) is 1.93. The van der Waals surface area contributed by atoms with Crippen molar-refractivity contribution in [3.05, 3.63) is 35.4 Å². The van der Waals surface area contributed by atoms with E-state index in [1.54, 1.807) is 25.1 Å². The fraction of sp³-hybridized carbons (Fsp3) is 0.250. The summed E-state index contributed by atoms with van der Waals surface area (Å²) in [7, 11) is -3.32. The van der Waals surface area contributed by atoms with Crippen LogP contribution in [-0.2, 0) is 14.8 Å². The number of anilines is 1. The molecule has 2 N–H and O–H groups in total. The molecule has 0 aliphatic carbocycles. The minimum atomic E-state index is -3.32. The average Bonchev–Trinajstić information content (AvgIpc) is 2.29. The molecule has 1 rings (SSSR count). The van der Waals surface area contributed by atoms with Crippen LogP contribution in [0.1, 0.15) is 18.1 Å². The molecule has 6 heteroatoms. The first-order valence-electron chi connectivity index (χ1n) is 5.36. The molecule has 5 nitrogen and oxygen atoms in total. The van der Waals surface area contributed by atoms with Gasteiger partial charge in [0.1, 0.15) is 0 Å². The molecular weight excluding hydrogens is 254 g/mol. The van der Waals surface area contributed by atoms with Gasteiger partial charge in [0.25, 0.3) is 0 Å². The van der Waals surface area contributed by atoms with E-state index in [1.807, 2.05) is 6.92 Å². The van der Waals surface area contributed by atoms with E-state index in [0.717, 1.165) is 11.6 Å². The number of hydrogen-bond acceptors (Lipinski definition) is 3. The number of hydrogen-bond donors (Lipinski definition) is 2. The number of sulfonamides is 1. The summed E-state index contributed by atoms with van der Waals surface area (Å²) in [5.74, 6) is -1.06. The molecule has 18 heavy (non-hydrogen) atoms. The van der Waals surface area contributed by atoms with Crippen molar-refractivity contribution in [2.24, 2.45) is 0 Å². The van der Waals surface area contributed by atoms with E-state index in [9.17, 15) is 13.2 Å². The highest BCUT2D eigenvalue weighted by Gasteiger charge is 2.07. The molecule has 0 aliphatic rings. The SMILES string of the molecule is CCS(=O)(=O)Nc1ccc(C)c(/C=C/C(=O)O)c1. The number of benzene rings is 1. The maximum absolute atomic E-state index is 11.4. The number of nitrogens with one attached hydrogen (secondary N) is 1. The molecule has 0 spiro atoms. The normalized spacial score (nSPS) is 11.7. The Morgan fingerprint density at radius 2 is 2.11 bits per heavy atom. The lowest BCUT2D eigenvalue weighted by atomic mass is 10.1. The first-order valence-corrected chi connectivity index (χ1v) is 7.01. The Labute approximate surface area is 106 Å². The van der Waals surface area contributed by atoms with Crippen LogP contribution in [0, 0.1) is 6.92 Å². The summed E-state index contributed by atoms with van der Waals surface area (Å²) in [6.07, 6.45) is 2.45. The van der Waals surface area contributed by atoms with Crippen LogP contribution in [0.5, 0.6) is 0 Å². The van der Waals surface area contributed by atoms with Crippen molar-refractivity contribution < 1.29 is 18.3 Å². The van der Waals surface area contributed by atoms with Crippen molar-refractivity contribution >= 4 is 27.8 Å². The smallest absolute Gasteiger partial charge is 0.328 e. The van der Waals surface area contributed by atoms with Crippen LogP contribution in [0.25, 0.3) is 6.08 Å². The van der Waals surface area contributed by atoms with E-state index in [2.05, 4.69) is 4.72 Å². The molecule has 0 atom stereocenters. The van der Waals surface area contributed by atoms with E-state index >= 15 is 0 Å². The van der Waals surface area contributed by atoms with Gasteiger partial charge in [0, 0.05) is 11.8 Å². The van der Waals surface area contributed by atoms with Crippen LogP contribution >= 0.6 is 0 Å². The fourth-order valence-electron chi connectivity index (χ4n) is 1.30. The minimum Gasteiger partial charge on any atom is -0.478 e. The zero-order valence-corrected chi connectivity index (χ0v) is 11.0. The van der Waals surface area contributed by atoms with Gasteiger partial charge in [-0.3, -0.25) is 4.72 Å². The molecule has 1 aromatic carbocycles. The van der Waals surface area contributed by atoms with Crippen LogP contribution in [0.15, 0.2) is 24.3 Å². The standard InChI is InChI=1S/C12H15NO4S/c1-3-18(16,17)13-11-6-4-9(2)10(8-11)5-7-12(14)15/h4-8,13H,3H2,1-2H3,(H,14,15)/b7-5+. The van der Waals surface area contributed by atoms with E-state index in [-0.39, 0.29) is 5.75 Å². The second-order valence-corrected chi connectivity index (χ2v) is 5.76. The predicted molar refractivity (Wildman–Crippen MR) is 70.9 cm³/mol. The average molecular weight is 269 g/mol. The van der Waals surface area contributed by atoms with Gasteiger partial charge in [-0.15, -0.1) is 0 Å². The minimum absolute atomic E-state index is 0.0127. The molecule has 0 amide bonds. The van der Waals surface area contributed by atoms with Gasteiger partial charge in [0.2, 0.25) is 10.0 Å². The van der Waals surface area contributed by atoms with Crippen molar-refractivity contribution in [1.82, 2.24) is 0 Å². The summed E-state index contributed by atoms with van der Waals surface area (Å²) in [5.41, 5.74) is 1.95. The van der Waals surface area contributed by atoms with Crippen molar-refractivity contribution in [3.8, 4) is 0 Å². The molecule has 0 heterocycles. The van der Waals surface area contributed by atoms with E-state index in [0.29, 0.717) is 11.3 Å². The summed E-state index contributed by atoms with van der Waals surface area (Å²) in [6.45, 7) is 3.36. The number of carboxylic acids is 1. The Hall–Kier alpha value is -1.82. The van der Waals surface area contributed by atoms with Gasteiger partial charge in [-0.2, -0.15) is 0 Å². The Morgan fingerprint density at radius 3 is 2.67 bits per heavy atom. The van der Waals surface area contributed by atoms with Gasteiger partial charge in [0.15, 0.2) is 0 Å².